The summed E-state index contributed by atoms with van der Waals surface area (Å²) in [4.78, 5) is 28.1. The third-order valence-corrected chi connectivity index (χ3v) is 3.46. The van der Waals surface area contributed by atoms with E-state index in [1.807, 2.05) is 13.0 Å². The van der Waals surface area contributed by atoms with Crippen LogP contribution in [0.3, 0.4) is 0 Å². The highest BCUT2D eigenvalue weighted by molar-refractivity contribution is 6.03. The molecular formula is C17H17N3O2. The lowest BCUT2D eigenvalue weighted by molar-refractivity contribution is -0.117. The molecule has 3 rings (SSSR count). The number of hydrogen-bond donors (Lipinski definition) is 2. The Morgan fingerprint density at radius 1 is 1.05 bits per heavy atom. The van der Waals surface area contributed by atoms with Crippen molar-refractivity contribution in [2.45, 2.75) is 19.8 Å². The standard InChI is InChI=1S/C17H17N3O2/c1-11-4-2-7-15(18-11)17(22)20-14-6-3-5-13(10-14)19-16(21)12-8-9-12/h2-7,10,12H,8-9H2,1H3,(H,19,21)(H,20,22). The fourth-order valence-corrected chi connectivity index (χ4v) is 2.13. The van der Waals surface area contributed by atoms with E-state index in [4.69, 9.17) is 0 Å². The summed E-state index contributed by atoms with van der Waals surface area (Å²) in [5.74, 6) is -0.0760. The van der Waals surface area contributed by atoms with Gasteiger partial charge in [-0.15, -0.1) is 0 Å². The third-order valence-electron chi connectivity index (χ3n) is 3.46. The molecular weight excluding hydrogens is 278 g/mol. The fourth-order valence-electron chi connectivity index (χ4n) is 2.13. The van der Waals surface area contributed by atoms with Gasteiger partial charge in [0.25, 0.3) is 5.91 Å². The summed E-state index contributed by atoms with van der Waals surface area (Å²) in [6.07, 6.45) is 1.92. The Morgan fingerprint density at radius 3 is 2.41 bits per heavy atom. The summed E-state index contributed by atoms with van der Waals surface area (Å²) in [6, 6.07) is 12.4. The number of aromatic nitrogens is 1. The van der Waals surface area contributed by atoms with Crippen molar-refractivity contribution in [3.8, 4) is 0 Å². The maximum Gasteiger partial charge on any atom is 0.274 e. The van der Waals surface area contributed by atoms with Gasteiger partial charge >= 0.3 is 0 Å². The van der Waals surface area contributed by atoms with E-state index in [9.17, 15) is 9.59 Å². The van der Waals surface area contributed by atoms with Gasteiger partial charge in [0.2, 0.25) is 5.91 Å². The normalized spacial score (nSPS) is 13.5. The summed E-state index contributed by atoms with van der Waals surface area (Å²) in [6.45, 7) is 1.84. The van der Waals surface area contributed by atoms with E-state index in [1.54, 1.807) is 36.4 Å². The van der Waals surface area contributed by atoms with Crippen LogP contribution in [-0.4, -0.2) is 16.8 Å². The zero-order valence-electron chi connectivity index (χ0n) is 12.3. The van der Waals surface area contributed by atoms with Crippen LogP contribution >= 0.6 is 0 Å². The highest BCUT2D eigenvalue weighted by atomic mass is 16.2. The quantitative estimate of drug-likeness (QED) is 0.911. The minimum absolute atomic E-state index is 0.0452. The van der Waals surface area contributed by atoms with Crippen LogP contribution in [0.1, 0.15) is 29.0 Å². The predicted molar refractivity (Wildman–Crippen MR) is 84.7 cm³/mol. The number of rotatable bonds is 4. The molecule has 1 aromatic carbocycles. The summed E-state index contributed by atoms with van der Waals surface area (Å²) in [5, 5.41) is 5.65. The molecule has 0 unspecified atom stereocenters. The van der Waals surface area contributed by atoms with Crippen LogP contribution in [0, 0.1) is 12.8 Å². The highest BCUT2D eigenvalue weighted by Crippen LogP contribution is 2.30. The summed E-state index contributed by atoms with van der Waals surface area (Å²) < 4.78 is 0. The van der Waals surface area contributed by atoms with Gasteiger partial charge in [0.15, 0.2) is 0 Å². The Bertz CT molecular complexity index is 723. The molecule has 1 aromatic heterocycles. The molecule has 1 aliphatic carbocycles. The second-order valence-electron chi connectivity index (χ2n) is 5.46. The van der Waals surface area contributed by atoms with E-state index in [-0.39, 0.29) is 17.7 Å². The average molecular weight is 295 g/mol. The minimum Gasteiger partial charge on any atom is -0.326 e. The molecule has 0 aliphatic heterocycles. The van der Waals surface area contributed by atoms with E-state index >= 15 is 0 Å². The van der Waals surface area contributed by atoms with Crippen molar-refractivity contribution >= 4 is 23.2 Å². The Labute approximate surface area is 128 Å². The first-order valence-corrected chi connectivity index (χ1v) is 7.28. The van der Waals surface area contributed by atoms with Crippen LogP contribution in [0.15, 0.2) is 42.5 Å². The first-order valence-electron chi connectivity index (χ1n) is 7.28. The molecule has 5 heteroatoms. The molecule has 5 nitrogen and oxygen atoms in total. The lowest BCUT2D eigenvalue weighted by atomic mass is 10.2. The molecule has 0 atom stereocenters. The maximum atomic E-state index is 12.2. The van der Waals surface area contributed by atoms with Crippen LogP contribution in [0.2, 0.25) is 0 Å². The molecule has 2 N–H and O–H groups in total. The Kier molecular flexibility index (Phi) is 3.87. The number of anilines is 2. The molecule has 0 spiro atoms. The molecule has 2 amide bonds. The van der Waals surface area contributed by atoms with Crippen molar-refractivity contribution < 1.29 is 9.59 Å². The zero-order valence-corrected chi connectivity index (χ0v) is 12.3. The molecule has 0 saturated heterocycles. The minimum atomic E-state index is -0.269. The molecule has 0 bridgehead atoms. The van der Waals surface area contributed by atoms with Crippen LogP contribution in [0.4, 0.5) is 11.4 Å². The van der Waals surface area contributed by atoms with Gasteiger partial charge in [-0.2, -0.15) is 0 Å². The van der Waals surface area contributed by atoms with Gasteiger partial charge in [-0.05, 0) is 50.1 Å². The number of carbonyl (C=O) groups is 2. The van der Waals surface area contributed by atoms with Gasteiger partial charge in [-0.1, -0.05) is 12.1 Å². The Hall–Kier alpha value is -2.69. The van der Waals surface area contributed by atoms with E-state index in [0.717, 1.165) is 18.5 Å². The Balaban J connectivity index is 1.69. The number of carbonyl (C=O) groups excluding carboxylic acids is 2. The zero-order chi connectivity index (χ0) is 15.5. The van der Waals surface area contributed by atoms with E-state index in [1.165, 1.54) is 0 Å². The summed E-state index contributed by atoms with van der Waals surface area (Å²) >= 11 is 0. The number of pyridine rings is 1. The van der Waals surface area contributed by atoms with Gasteiger partial charge in [0, 0.05) is 23.0 Å². The van der Waals surface area contributed by atoms with Crippen LogP contribution < -0.4 is 10.6 Å². The van der Waals surface area contributed by atoms with Crippen molar-refractivity contribution in [1.82, 2.24) is 4.98 Å². The lowest BCUT2D eigenvalue weighted by Crippen LogP contribution is -2.15. The highest BCUT2D eigenvalue weighted by Gasteiger charge is 2.29. The molecule has 2 aromatic rings. The van der Waals surface area contributed by atoms with Crippen LogP contribution in [0.5, 0.6) is 0 Å². The topological polar surface area (TPSA) is 71.1 Å². The number of nitrogens with zero attached hydrogens (tertiary/aromatic N) is 1. The molecule has 22 heavy (non-hydrogen) atoms. The first kappa shape index (κ1) is 14.3. The largest absolute Gasteiger partial charge is 0.326 e. The predicted octanol–water partition coefficient (Wildman–Crippen LogP) is 2.99. The number of aryl methyl sites for hydroxylation is 1. The van der Waals surface area contributed by atoms with Crippen molar-refractivity contribution in [1.29, 1.82) is 0 Å². The summed E-state index contributed by atoms with van der Waals surface area (Å²) in [7, 11) is 0. The number of hydrogen-bond acceptors (Lipinski definition) is 3. The van der Waals surface area contributed by atoms with Crippen molar-refractivity contribution in [2.75, 3.05) is 10.6 Å². The average Bonchev–Trinajstić information content (AvgIpc) is 3.32. The second-order valence-corrected chi connectivity index (χ2v) is 5.46. The van der Waals surface area contributed by atoms with Gasteiger partial charge in [-0.3, -0.25) is 9.59 Å². The number of nitrogens with one attached hydrogen (secondary N) is 2. The van der Waals surface area contributed by atoms with Gasteiger partial charge in [0.05, 0.1) is 0 Å². The van der Waals surface area contributed by atoms with Gasteiger partial charge in [-0.25, -0.2) is 4.98 Å². The van der Waals surface area contributed by atoms with E-state index < -0.39 is 0 Å². The lowest BCUT2D eigenvalue weighted by Gasteiger charge is -2.08. The molecule has 1 aliphatic rings. The third kappa shape index (κ3) is 3.49. The molecule has 112 valence electrons. The van der Waals surface area contributed by atoms with Crippen molar-refractivity contribution in [3.05, 3.63) is 53.9 Å². The Morgan fingerprint density at radius 2 is 1.73 bits per heavy atom. The number of amides is 2. The maximum absolute atomic E-state index is 12.2. The second kappa shape index (κ2) is 5.97. The van der Waals surface area contributed by atoms with E-state index in [2.05, 4.69) is 15.6 Å². The van der Waals surface area contributed by atoms with E-state index in [0.29, 0.717) is 17.1 Å². The SMILES string of the molecule is Cc1cccc(C(=O)Nc2cccc(NC(=O)C3CC3)c2)n1. The molecule has 0 radical (unpaired) electrons. The number of benzene rings is 1. The van der Waals surface area contributed by atoms with Gasteiger partial charge < -0.3 is 10.6 Å². The van der Waals surface area contributed by atoms with Crippen molar-refractivity contribution in [3.63, 3.8) is 0 Å². The van der Waals surface area contributed by atoms with Gasteiger partial charge in [0.1, 0.15) is 5.69 Å². The first-order chi connectivity index (χ1) is 10.6. The monoisotopic (exact) mass is 295 g/mol. The van der Waals surface area contributed by atoms with Crippen LogP contribution in [0.25, 0.3) is 0 Å². The van der Waals surface area contributed by atoms with Crippen LogP contribution in [-0.2, 0) is 4.79 Å². The smallest absolute Gasteiger partial charge is 0.274 e. The molecule has 1 heterocycles. The molecule has 1 fully saturated rings. The fraction of sp³-hybridized carbons (Fsp3) is 0.235. The molecule has 1 saturated carbocycles. The van der Waals surface area contributed by atoms with Crippen molar-refractivity contribution in [2.24, 2.45) is 5.92 Å². The summed E-state index contributed by atoms with van der Waals surface area (Å²) in [5.41, 5.74) is 2.47.